The number of hydrogen-bond acceptors (Lipinski definition) is 7. The highest BCUT2D eigenvalue weighted by molar-refractivity contribution is 6.06. The molecule has 2 heterocycles. The SMILES string of the molecule is COc1c(O)ccc2c1OCC(O)(Cc1ccc3c(c1)OCO3)C2=O. The van der Waals surface area contributed by atoms with Crippen molar-refractivity contribution in [3.63, 3.8) is 0 Å². The maximum Gasteiger partial charge on any atom is 0.231 e. The van der Waals surface area contributed by atoms with Crippen molar-refractivity contribution < 1.29 is 34.0 Å². The van der Waals surface area contributed by atoms with Crippen LogP contribution in [0.1, 0.15) is 15.9 Å². The summed E-state index contributed by atoms with van der Waals surface area (Å²) in [5.41, 5.74) is -0.829. The zero-order valence-electron chi connectivity index (χ0n) is 13.4. The first-order valence-electron chi connectivity index (χ1n) is 7.70. The number of ketones is 1. The van der Waals surface area contributed by atoms with E-state index in [1.807, 2.05) is 0 Å². The number of ether oxygens (including phenoxy) is 4. The van der Waals surface area contributed by atoms with Gasteiger partial charge in [-0.15, -0.1) is 0 Å². The van der Waals surface area contributed by atoms with Crippen molar-refractivity contribution in [1.82, 2.24) is 0 Å². The molecule has 2 aliphatic heterocycles. The molecule has 2 aliphatic rings. The molecule has 0 saturated carbocycles. The van der Waals surface area contributed by atoms with Crippen molar-refractivity contribution in [1.29, 1.82) is 0 Å². The van der Waals surface area contributed by atoms with E-state index in [9.17, 15) is 15.0 Å². The number of carbonyl (C=O) groups excluding carboxylic acids is 1. The van der Waals surface area contributed by atoms with E-state index in [2.05, 4.69) is 0 Å². The maximum absolute atomic E-state index is 12.8. The molecule has 0 aromatic heterocycles. The van der Waals surface area contributed by atoms with E-state index in [1.165, 1.54) is 19.2 Å². The first-order valence-corrected chi connectivity index (χ1v) is 7.70. The number of fused-ring (bicyclic) bond motifs is 2. The van der Waals surface area contributed by atoms with Crippen LogP contribution in [-0.4, -0.2) is 42.1 Å². The Labute approximate surface area is 143 Å². The Morgan fingerprint density at radius 2 is 1.96 bits per heavy atom. The van der Waals surface area contributed by atoms with Crippen molar-refractivity contribution in [3.05, 3.63) is 41.5 Å². The molecule has 1 unspecified atom stereocenters. The van der Waals surface area contributed by atoms with Crippen molar-refractivity contribution in [2.45, 2.75) is 12.0 Å². The molecule has 0 saturated heterocycles. The van der Waals surface area contributed by atoms with E-state index in [1.54, 1.807) is 18.2 Å². The van der Waals surface area contributed by atoms with Crippen LogP contribution in [0.25, 0.3) is 0 Å². The number of carbonyl (C=O) groups is 1. The lowest BCUT2D eigenvalue weighted by Crippen LogP contribution is -2.49. The maximum atomic E-state index is 12.8. The lowest BCUT2D eigenvalue weighted by molar-refractivity contribution is -0.00274. The molecule has 2 N–H and O–H groups in total. The van der Waals surface area contributed by atoms with E-state index in [4.69, 9.17) is 18.9 Å². The second-order valence-corrected chi connectivity index (χ2v) is 6.01. The number of aliphatic hydroxyl groups is 1. The normalized spacial score (nSPS) is 20.8. The van der Waals surface area contributed by atoms with Gasteiger partial charge in [0.05, 0.1) is 12.7 Å². The van der Waals surface area contributed by atoms with Gasteiger partial charge in [-0.25, -0.2) is 0 Å². The molecular formula is C18H16O7. The van der Waals surface area contributed by atoms with Crippen LogP contribution in [0.15, 0.2) is 30.3 Å². The summed E-state index contributed by atoms with van der Waals surface area (Å²) in [7, 11) is 1.37. The number of hydrogen-bond donors (Lipinski definition) is 2. The molecular weight excluding hydrogens is 328 g/mol. The zero-order valence-corrected chi connectivity index (χ0v) is 13.4. The number of methoxy groups -OCH3 is 1. The first-order chi connectivity index (χ1) is 12.0. The van der Waals surface area contributed by atoms with Crippen LogP contribution in [0.5, 0.6) is 28.7 Å². The van der Waals surface area contributed by atoms with Crippen molar-refractivity contribution in [3.8, 4) is 28.7 Å². The molecule has 7 heteroatoms. The molecule has 2 aromatic carbocycles. The summed E-state index contributed by atoms with van der Waals surface area (Å²) in [6.07, 6.45) is 0.0606. The van der Waals surface area contributed by atoms with Gasteiger partial charge in [0.15, 0.2) is 28.6 Å². The standard InChI is InChI=1S/C18H16O7/c1-22-16-12(19)4-3-11-15(16)23-8-18(21,17(11)20)7-10-2-5-13-14(6-10)25-9-24-13/h2-6,19,21H,7-9H2,1H3. The van der Waals surface area contributed by atoms with Crippen LogP contribution in [0.4, 0.5) is 0 Å². The fourth-order valence-corrected chi connectivity index (χ4v) is 3.10. The van der Waals surface area contributed by atoms with E-state index >= 15 is 0 Å². The number of aromatic hydroxyl groups is 1. The Kier molecular flexibility index (Phi) is 3.47. The third-order valence-corrected chi connectivity index (χ3v) is 4.35. The van der Waals surface area contributed by atoms with Crippen LogP contribution in [0, 0.1) is 0 Å². The van der Waals surface area contributed by atoms with E-state index < -0.39 is 11.4 Å². The Bertz CT molecular complexity index is 861. The van der Waals surface area contributed by atoms with E-state index in [0.717, 1.165) is 5.56 Å². The molecule has 0 bridgehead atoms. The average Bonchev–Trinajstić information content (AvgIpc) is 3.06. The van der Waals surface area contributed by atoms with Gasteiger partial charge in [-0.1, -0.05) is 6.07 Å². The van der Waals surface area contributed by atoms with Crippen molar-refractivity contribution >= 4 is 5.78 Å². The molecule has 25 heavy (non-hydrogen) atoms. The Balaban J connectivity index is 1.66. The number of rotatable bonds is 3. The smallest absolute Gasteiger partial charge is 0.231 e. The molecule has 0 radical (unpaired) electrons. The number of benzene rings is 2. The lowest BCUT2D eigenvalue weighted by Gasteiger charge is -2.32. The van der Waals surface area contributed by atoms with Gasteiger partial charge in [0.2, 0.25) is 18.3 Å². The Morgan fingerprint density at radius 1 is 1.16 bits per heavy atom. The molecule has 2 aromatic rings. The number of Topliss-reactive ketones (excluding diaryl/α,β-unsaturated/α-hetero) is 1. The first kappa shape index (κ1) is 15.6. The Morgan fingerprint density at radius 3 is 2.76 bits per heavy atom. The predicted octanol–water partition coefficient (Wildman–Crippen LogP) is 1.68. The predicted molar refractivity (Wildman–Crippen MR) is 85.7 cm³/mol. The van der Waals surface area contributed by atoms with Gasteiger partial charge in [0.25, 0.3) is 0 Å². The van der Waals surface area contributed by atoms with Gasteiger partial charge in [0, 0.05) is 6.42 Å². The molecule has 4 rings (SSSR count). The molecule has 0 spiro atoms. The monoisotopic (exact) mass is 344 g/mol. The molecule has 130 valence electrons. The highest BCUT2D eigenvalue weighted by Gasteiger charge is 2.44. The fraction of sp³-hybridized carbons (Fsp3) is 0.278. The van der Waals surface area contributed by atoms with Crippen molar-refractivity contribution in [2.75, 3.05) is 20.5 Å². The van der Waals surface area contributed by atoms with Gasteiger partial charge >= 0.3 is 0 Å². The number of phenolic OH excluding ortho intramolecular Hbond substituents is 1. The summed E-state index contributed by atoms with van der Waals surface area (Å²) in [5.74, 6) is 0.823. The second kappa shape index (κ2) is 5.56. The summed E-state index contributed by atoms with van der Waals surface area (Å²) in [6, 6.07) is 8.00. The summed E-state index contributed by atoms with van der Waals surface area (Å²) >= 11 is 0. The van der Waals surface area contributed by atoms with Crippen LogP contribution in [-0.2, 0) is 6.42 Å². The average molecular weight is 344 g/mol. The van der Waals surface area contributed by atoms with Crippen LogP contribution < -0.4 is 18.9 Å². The van der Waals surface area contributed by atoms with Crippen LogP contribution in [0.3, 0.4) is 0 Å². The van der Waals surface area contributed by atoms with Crippen molar-refractivity contribution in [2.24, 2.45) is 0 Å². The number of phenols is 1. The molecule has 0 fully saturated rings. The highest BCUT2D eigenvalue weighted by Crippen LogP contribution is 2.44. The summed E-state index contributed by atoms with van der Waals surface area (Å²) in [6.45, 7) is -0.0884. The Hall–Kier alpha value is -2.93. The minimum atomic E-state index is -1.72. The lowest BCUT2D eigenvalue weighted by atomic mass is 9.85. The van der Waals surface area contributed by atoms with Gasteiger partial charge in [-0.3, -0.25) is 4.79 Å². The molecule has 1 atom stereocenters. The third-order valence-electron chi connectivity index (χ3n) is 4.35. The van der Waals surface area contributed by atoms with Gasteiger partial charge in [-0.2, -0.15) is 0 Å². The van der Waals surface area contributed by atoms with E-state index in [0.29, 0.717) is 11.5 Å². The van der Waals surface area contributed by atoms with Gasteiger partial charge in [-0.05, 0) is 29.8 Å². The van der Waals surface area contributed by atoms with E-state index in [-0.39, 0.29) is 42.6 Å². The summed E-state index contributed by atoms with van der Waals surface area (Å²) in [5, 5.41) is 20.7. The summed E-state index contributed by atoms with van der Waals surface area (Å²) in [4.78, 5) is 12.8. The van der Waals surface area contributed by atoms with Gasteiger partial charge in [0.1, 0.15) is 6.61 Å². The molecule has 0 amide bonds. The minimum absolute atomic E-state index is 0.0606. The largest absolute Gasteiger partial charge is 0.504 e. The fourth-order valence-electron chi connectivity index (χ4n) is 3.10. The quantitative estimate of drug-likeness (QED) is 0.875. The zero-order chi connectivity index (χ0) is 17.6. The second-order valence-electron chi connectivity index (χ2n) is 6.01. The van der Waals surface area contributed by atoms with Crippen LogP contribution in [0.2, 0.25) is 0 Å². The van der Waals surface area contributed by atoms with Gasteiger partial charge < -0.3 is 29.2 Å². The highest BCUT2D eigenvalue weighted by atomic mass is 16.7. The topological polar surface area (TPSA) is 94.5 Å². The summed E-state index contributed by atoms with van der Waals surface area (Å²) < 4.78 is 21.2. The molecule has 7 nitrogen and oxygen atoms in total. The molecule has 0 aliphatic carbocycles. The third kappa shape index (κ3) is 2.44. The van der Waals surface area contributed by atoms with Crippen LogP contribution >= 0.6 is 0 Å². The minimum Gasteiger partial charge on any atom is -0.504 e.